The van der Waals surface area contributed by atoms with Crippen molar-refractivity contribution in [2.24, 2.45) is 0 Å². The van der Waals surface area contributed by atoms with E-state index in [1.165, 1.54) is 6.20 Å². The number of amides is 1. The first-order chi connectivity index (χ1) is 11.1. The van der Waals surface area contributed by atoms with Gasteiger partial charge in [0, 0.05) is 34.5 Å². The van der Waals surface area contributed by atoms with Crippen LogP contribution in [0, 0.1) is 0 Å². The van der Waals surface area contributed by atoms with Crippen LogP contribution in [0.25, 0.3) is 5.52 Å². The van der Waals surface area contributed by atoms with Crippen LogP contribution in [-0.4, -0.2) is 32.2 Å². The van der Waals surface area contributed by atoms with E-state index in [0.717, 1.165) is 0 Å². The molecule has 1 atom stereocenters. The van der Waals surface area contributed by atoms with Gasteiger partial charge >= 0.3 is 0 Å². The molecule has 0 fully saturated rings. The number of nitrogens with one attached hydrogen (secondary N) is 1. The van der Waals surface area contributed by atoms with Crippen molar-refractivity contribution in [3.63, 3.8) is 0 Å². The minimum Gasteiger partial charge on any atom is -0.386 e. The van der Waals surface area contributed by atoms with Gasteiger partial charge in [0.2, 0.25) is 0 Å². The van der Waals surface area contributed by atoms with E-state index < -0.39 is 6.10 Å². The van der Waals surface area contributed by atoms with E-state index in [1.54, 1.807) is 41.3 Å². The lowest BCUT2D eigenvalue weighted by Gasteiger charge is -2.15. The van der Waals surface area contributed by atoms with Gasteiger partial charge in [-0.25, -0.2) is 4.52 Å². The summed E-state index contributed by atoms with van der Waals surface area (Å²) in [6, 6.07) is 4.95. The highest BCUT2D eigenvalue weighted by atomic mass is 35.5. The Balaban J connectivity index is 1.74. The number of carbonyl (C=O) groups excluding carboxylic acids is 1. The van der Waals surface area contributed by atoms with Crippen LogP contribution in [0.2, 0.25) is 10.0 Å². The van der Waals surface area contributed by atoms with E-state index in [9.17, 15) is 9.90 Å². The fourth-order valence-corrected chi connectivity index (χ4v) is 2.87. The second-order valence-electron chi connectivity index (χ2n) is 4.83. The van der Waals surface area contributed by atoms with Crippen molar-refractivity contribution in [2.45, 2.75) is 6.10 Å². The van der Waals surface area contributed by atoms with Crippen molar-refractivity contribution in [1.82, 2.24) is 19.9 Å². The summed E-state index contributed by atoms with van der Waals surface area (Å²) < 4.78 is 1.54. The fourth-order valence-electron chi connectivity index (χ4n) is 2.23. The zero-order chi connectivity index (χ0) is 16.4. The van der Waals surface area contributed by atoms with Crippen molar-refractivity contribution >= 4 is 34.6 Å². The van der Waals surface area contributed by atoms with Gasteiger partial charge in [0.25, 0.3) is 5.91 Å². The van der Waals surface area contributed by atoms with Gasteiger partial charge in [0.1, 0.15) is 0 Å². The molecule has 0 aliphatic heterocycles. The first-order valence-electron chi connectivity index (χ1n) is 6.75. The number of carbonyl (C=O) groups is 1. The highest BCUT2D eigenvalue weighted by Gasteiger charge is 2.18. The smallest absolute Gasteiger partial charge is 0.255 e. The van der Waals surface area contributed by atoms with Gasteiger partial charge in [-0.2, -0.15) is 5.10 Å². The molecule has 0 spiro atoms. The average Bonchev–Trinajstić information content (AvgIpc) is 2.96. The van der Waals surface area contributed by atoms with Gasteiger partial charge in [0.05, 0.1) is 29.6 Å². The van der Waals surface area contributed by atoms with Gasteiger partial charge in [0.15, 0.2) is 0 Å². The summed E-state index contributed by atoms with van der Waals surface area (Å²) in [5, 5.41) is 17.6. The standard InChI is InChI=1S/C15H12Cl2N4O2/c16-10-2-1-3-11(17)14(10)13(22)8-19-15(23)9-6-20-21-5-4-18-7-12(9)21/h1-7,13,22H,8H2,(H,19,23)/t13-/m0/s1. The first-order valence-corrected chi connectivity index (χ1v) is 7.51. The van der Waals surface area contributed by atoms with Crippen molar-refractivity contribution in [3.05, 3.63) is 64.2 Å². The Kier molecular flexibility index (Phi) is 4.47. The summed E-state index contributed by atoms with van der Waals surface area (Å²) in [7, 11) is 0. The number of hydrogen-bond donors (Lipinski definition) is 2. The zero-order valence-corrected chi connectivity index (χ0v) is 13.3. The van der Waals surface area contributed by atoms with Gasteiger partial charge in [-0.15, -0.1) is 0 Å². The van der Waals surface area contributed by atoms with Crippen molar-refractivity contribution in [3.8, 4) is 0 Å². The van der Waals surface area contributed by atoms with E-state index in [0.29, 0.717) is 26.7 Å². The number of aliphatic hydroxyl groups is 1. The first kappa shape index (κ1) is 15.7. The van der Waals surface area contributed by atoms with Crippen LogP contribution in [0.4, 0.5) is 0 Å². The molecule has 2 heterocycles. The third-order valence-electron chi connectivity index (χ3n) is 3.36. The number of benzene rings is 1. The Hall–Kier alpha value is -2.15. The molecular weight excluding hydrogens is 339 g/mol. The summed E-state index contributed by atoms with van der Waals surface area (Å²) in [4.78, 5) is 16.2. The van der Waals surface area contributed by atoms with E-state index in [-0.39, 0.29) is 12.5 Å². The molecule has 0 unspecified atom stereocenters. The lowest BCUT2D eigenvalue weighted by molar-refractivity contribution is 0.0918. The average molecular weight is 351 g/mol. The van der Waals surface area contributed by atoms with Crippen LogP contribution in [0.3, 0.4) is 0 Å². The quantitative estimate of drug-likeness (QED) is 0.757. The summed E-state index contributed by atoms with van der Waals surface area (Å²) >= 11 is 12.1. The maximum absolute atomic E-state index is 12.3. The van der Waals surface area contributed by atoms with Crippen molar-refractivity contribution < 1.29 is 9.90 Å². The number of hydrogen-bond acceptors (Lipinski definition) is 4. The van der Waals surface area contributed by atoms with Crippen LogP contribution in [0.5, 0.6) is 0 Å². The molecule has 2 N–H and O–H groups in total. The molecule has 118 valence electrons. The summed E-state index contributed by atoms with van der Waals surface area (Å²) in [5.41, 5.74) is 1.34. The lowest BCUT2D eigenvalue weighted by atomic mass is 10.1. The van der Waals surface area contributed by atoms with Crippen LogP contribution in [0.15, 0.2) is 43.0 Å². The summed E-state index contributed by atoms with van der Waals surface area (Å²) in [5.74, 6) is -0.366. The Labute approximate surface area is 141 Å². The SMILES string of the molecule is O=C(NC[C@H](O)c1c(Cl)cccc1Cl)c1cnn2ccncc12. The molecule has 1 amide bonds. The molecule has 23 heavy (non-hydrogen) atoms. The zero-order valence-electron chi connectivity index (χ0n) is 11.8. The maximum atomic E-state index is 12.3. The van der Waals surface area contributed by atoms with E-state index in [4.69, 9.17) is 23.2 Å². The van der Waals surface area contributed by atoms with Crippen LogP contribution >= 0.6 is 23.2 Å². The molecule has 0 aliphatic carbocycles. The third-order valence-corrected chi connectivity index (χ3v) is 4.02. The molecule has 0 radical (unpaired) electrons. The Morgan fingerprint density at radius 2 is 2.04 bits per heavy atom. The molecule has 1 aromatic carbocycles. The normalized spacial score (nSPS) is 12.3. The second kappa shape index (κ2) is 6.54. The number of fused-ring (bicyclic) bond motifs is 1. The molecule has 0 saturated carbocycles. The predicted octanol–water partition coefficient (Wildman–Crippen LogP) is 2.50. The number of aliphatic hydroxyl groups excluding tert-OH is 1. The molecule has 0 aliphatic rings. The lowest BCUT2D eigenvalue weighted by Crippen LogP contribution is -2.28. The van der Waals surface area contributed by atoms with E-state index >= 15 is 0 Å². The number of nitrogens with zero attached hydrogens (tertiary/aromatic N) is 3. The molecule has 0 saturated heterocycles. The largest absolute Gasteiger partial charge is 0.386 e. The molecule has 8 heteroatoms. The van der Waals surface area contributed by atoms with Crippen LogP contribution in [-0.2, 0) is 0 Å². The fraction of sp³-hybridized carbons (Fsp3) is 0.133. The number of rotatable bonds is 4. The Morgan fingerprint density at radius 1 is 1.30 bits per heavy atom. The van der Waals surface area contributed by atoms with Crippen LogP contribution < -0.4 is 5.32 Å². The second-order valence-corrected chi connectivity index (χ2v) is 5.64. The van der Waals surface area contributed by atoms with Crippen molar-refractivity contribution in [1.29, 1.82) is 0 Å². The Morgan fingerprint density at radius 3 is 2.78 bits per heavy atom. The molecular formula is C15H12Cl2N4O2. The number of aromatic nitrogens is 3. The predicted molar refractivity (Wildman–Crippen MR) is 86.7 cm³/mol. The number of halogens is 2. The molecule has 3 aromatic rings. The van der Waals surface area contributed by atoms with Crippen molar-refractivity contribution in [2.75, 3.05) is 6.54 Å². The van der Waals surface area contributed by atoms with Gasteiger partial charge in [-0.1, -0.05) is 29.3 Å². The minimum absolute atomic E-state index is 0.0279. The molecule has 2 aromatic heterocycles. The molecule has 6 nitrogen and oxygen atoms in total. The maximum Gasteiger partial charge on any atom is 0.255 e. The Bertz CT molecular complexity index is 845. The van der Waals surface area contributed by atoms with Gasteiger partial charge in [-0.05, 0) is 12.1 Å². The summed E-state index contributed by atoms with van der Waals surface area (Å²) in [6.07, 6.45) is 5.19. The molecule has 0 bridgehead atoms. The highest BCUT2D eigenvalue weighted by molar-refractivity contribution is 6.36. The highest BCUT2D eigenvalue weighted by Crippen LogP contribution is 2.29. The third kappa shape index (κ3) is 3.14. The van der Waals surface area contributed by atoms with E-state index in [1.807, 2.05) is 0 Å². The summed E-state index contributed by atoms with van der Waals surface area (Å²) in [6.45, 7) is -0.0279. The van der Waals surface area contributed by atoms with Gasteiger partial charge in [-0.3, -0.25) is 9.78 Å². The van der Waals surface area contributed by atoms with Gasteiger partial charge < -0.3 is 10.4 Å². The van der Waals surface area contributed by atoms with Crippen LogP contribution in [0.1, 0.15) is 22.0 Å². The molecule has 3 rings (SSSR count). The van der Waals surface area contributed by atoms with E-state index in [2.05, 4.69) is 15.4 Å². The monoisotopic (exact) mass is 350 g/mol. The minimum atomic E-state index is -1.01. The topological polar surface area (TPSA) is 79.5 Å².